The molecule has 1 unspecified atom stereocenters. The molecule has 1 saturated heterocycles. The molecule has 1 atom stereocenters. The number of nitrogens with one attached hydrogen (secondary N) is 1. The van der Waals surface area contributed by atoms with Crippen LogP contribution in [-0.2, 0) is 14.8 Å². The predicted molar refractivity (Wildman–Crippen MR) is 102 cm³/mol. The van der Waals surface area contributed by atoms with Crippen molar-refractivity contribution in [2.75, 3.05) is 20.1 Å². The molecule has 2 aromatic carbocycles. The summed E-state index contributed by atoms with van der Waals surface area (Å²) in [6.45, 7) is 4.28. The molecule has 144 valence electrons. The molecule has 0 aromatic heterocycles. The number of amides is 1. The number of benzene rings is 2. The van der Waals surface area contributed by atoms with Crippen LogP contribution in [0.15, 0.2) is 41.3 Å². The SMILES string of the molecule is Cc1ccc(-c2ccc(S(=O)(=O)NCC3CC(=O)N(C)C3)cc2C)cc1F. The van der Waals surface area contributed by atoms with Gasteiger partial charge in [0.1, 0.15) is 5.82 Å². The smallest absolute Gasteiger partial charge is 0.240 e. The largest absolute Gasteiger partial charge is 0.345 e. The lowest BCUT2D eigenvalue weighted by atomic mass is 9.99. The highest BCUT2D eigenvalue weighted by atomic mass is 32.2. The number of carbonyl (C=O) groups excluding carboxylic acids is 1. The molecule has 3 rings (SSSR count). The van der Waals surface area contributed by atoms with E-state index in [4.69, 9.17) is 0 Å². The van der Waals surface area contributed by atoms with Crippen LogP contribution in [0.1, 0.15) is 17.5 Å². The third-order valence-corrected chi connectivity index (χ3v) is 6.40. The quantitative estimate of drug-likeness (QED) is 0.854. The molecule has 1 amide bonds. The Morgan fingerprint density at radius 3 is 2.48 bits per heavy atom. The summed E-state index contributed by atoms with van der Waals surface area (Å²) in [7, 11) is -1.96. The average molecular weight is 390 g/mol. The second-order valence-corrected chi connectivity index (χ2v) is 8.90. The minimum atomic E-state index is -3.67. The van der Waals surface area contributed by atoms with Crippen LogP contribution in [0, 0.1) is 25.6 Å². The third kappa shape index (κ3) is 4.20. The second-order valence-electron chi connectivity index (χ2n) is 7.14. The van der Waals surface area contributed by atoms with Gasteiger partial charge in [-0.1, -0.05) is 18.2 Å². The van der Waals surface area contributed by atoms with E-state index in [0.29, 0.717) is 24.1 Å². The van der Waals surface area contributed by atoms with Gasteiger partial charge in [0.25, 0.3) is 0 Å². The van der Waals surface area contributed by atoms with Gasteiger partial charge in [0.15, 0.2) is 0 Å². The van der Waals surface area contributed by atoms with Crippen molar-refractivity contribution < 1.29 is 17.6 Å². The van der Waals surface area contributed by atoms with Gasteiger partial charge >= 0.3 is 0 Å². The molecule has 0 saturated carbocycles. The highest BCUT2D eigenvalue weighted by molar-refractivity contribution is 7.89. The predicted octanol–water partition coefficient (Wildman–Crippen LogP) is 2.87. The van der Waals surface area contributed by atoms with Gasteiger partial charge in [-0.25, -0.2) is 17.5 Å². The molecule has 1 fully saturated rings. The van der Waals surface area contributed by atoms with Gasteiger partial charge in [-0.2, -0.15) is 0 Å². The van der Waals surface area contributed by atoms with Crippen molar-refractivity contribution in [3.05, 3.63) is 53.3 Å². The van der Waals surface area contributed by atoms with Gasteiger partial charge in [0, 0.05) is 26.6 Å². The van der Waals surface area contributed by atoms with Crippen LogP contribution in [0.25, 0.3) is 11.1 Å². The van der Waals surface area contributed by atoms with E-state index >= 15 is 0 Å². The number of aryl methyl sites for hydroxylation is 2. The summed E-state index contributed by atoms with van der Waals surface area (Å²) in [6.07, 6.45) is 0.357. The Morgan fingerprint density at radius 2 is 1.89 bits per heavy atom. The zero-order valence-electron chi connectivity index (χ0n) is 15.6. The fourth-order valence-electron chi connectivity index (χ4n) is 3.29. The topological polar surface area (TPSA) is 66.5 Å². The summed E-state index contributed by atoms with van der Waals surface area (Å²) < 4.78 is 41.6. The van der Waals surface area contributed by atoms with Crippen molar-refractivity contribution in [2.24, 2.45) is 5.92 Å². The van der Waals surface area contributed by atoms with Crippen LogP contribution in [-0.4, -0.2) is 39.4 Å². The summed E-state index contributed by atoms with van der Waals surface area (Å²) in [5.41, 5.74) is 2.81. The average Bonchev–Trinajstić information content (AvgIpc) is 2.94. The Bertz CT molecular complexity index is 989. The lowest BCUT2D eigenvalue weighted by Gasteiger charge is -2.13. The molecule has 0 bridgehead atoms. The summed E-state index contributed by atoms with van der Waals surface area (Å²) in [6, 6.07) is 9.78. The minimum absolute atomic E-state index is 0.0202. The number of hydrogen-bond donors (Lipinski definition) is 1. The molecule has 5 nitrogen and oxygen atoms in total. The van der Waals surface area contributed by atoms with Gasteiger partial charge in [0.2, 0.25) is 15.9 Å². The lowest BCUT2D eigenvalue weighted by molar-refractivity contribution is -0.126. The van der Waals surface area contributed by atoms with Gasteiger partial charge in [-0.15, -0.1) is 0 Å². The Kier molecular flexibility index (Phi) is 5.35. The molecule has 27 heavy (non-hydrogen) atoms. The first-order chi connectivity index (χ1) is 12.7. The molecular formula is C20H23FN2O3S. The fourth-order valence-corrected chi connectivity index (χ4v) is 4.49. The van der Waals surface area contributed by atoms with Gasteiger partial charge in [0.05, 0.1) is 4.90 Å². The number of nitrogens with zero attached hydrogens (tertiary/aromatic N) is 1. The van der Waals surface area contributed by atoms with Gasteiger partial charge < -0.3 is 4.90 Å². The van der Waals surface area contributed by atoms with E-state index in [-0.39, 0.29) is 29.1 Å². The molecule has 0 aliphatic carbocycles. The van der Waals surface area contributed by atoms with Crippen LogP contribution in [0.4, 0.5) is 4.39 Å². The van der Waals surface area contributed by atoms with E-state index in [9.17, 15) is 17.6 Å². The minimum Gasteiger partial charge on any atom is -0.345 e. The van der Waals surface area contributed by atoms with E-state index in [1.165, 1.54) is 12.1 Å². The monoisotopic (exact) mass is 390 g/mol. The van der Waals surface area contributed by atoms with Crippen molar-refractivity contribution in [2.45, 2.75) is 25.2 Å². The summed E-state index contributed by atoms with van der Waals surface area (Å²) in [4.78, 5) is 13.3. The Labute approximate surface area is 159 Å². The van der Waals surface area contributed by atoms with Crippen LogP contribution in [0.5, 0.6) is 0 Å². The van der Waals surface area contributed by atoms with E-state index in [1.54, 1.807) is 44.0 Å². The van der Waals surface area contributed by atoms with Gasteiger partial charge in [-0.05, 0) is 60.2 Å². The number of sulfonamides is 1. The molecule has 1 aliphatic rings. The summed E-state index contributed by atoms with van der Waals surface area (Å²) >= 11 is 0. The molecule has 1 aliphatic heterocycles. The highest BCUT2D eigenvalue weighted by Crippen LogP contribution is 2.27. The number of likely N-dealkylation sites (tertiary alicyclic amines) is 1. The first-order valence-corrected chi connectivity index (χ1v) is 10.3. The molecule has 0 spiro atoms. The van der Waals surface area contributed by atoms with Crippen molar-refractivity contribution in [1.82, 2.24) is 9.62 Å². The first kappa shape index (κ1) is 19.5. The molecule has 2 aromatic rings. The van der Waals surface area contributed by atoms with Crippen LogP contribution >= 0.6 is 0 Å². The Morgan fingerprint density at radius 1 is 1.15 bits per heavy atom. The molecule has 1 heterocycles. The number of carbonyl (C=O) groups is 1. The number of halogens is 1. The summed E-state index contributed by atoms with van der Waals surface area (Å²) in [5.74, 6) is -0.278. The number of rotatable bonds is 5. The standard InChI is InChI=1S/C20H23FN2O3S/c1-13-4-5-16(10-19(13)21)18-7-6-17(8-14(18)2)27(25,26)22-11-15-9-20(24)23(3)12-15/h4-8,10,15,22H,9,11-12H2,1-3H3. The van der Waals surface area contributed by atoms with Crippen molar-refractivity contribution in [3.63, 3.8) is 0 Å². The van der Waals surface area contributed by atoms with E-state index in [1.807, 2.05) is 6.07 Å². The van der Waals surface area contributed by atoms with Crippen LogP contribution in [0.2, 0.25) is 0 Å². The second kappa shape index (κ2) is 7.40. The summed E-state index contributed by atoms with van der Waals surface area (Å²) in [5, 5.41) is 0. The van der Waals surface area contributed by atoms with E-state index < -0.39 is 10.0 Å². The van der Waals surface area contributed by atoms with Crippen LogP contribution < -0.4 is 4.72 Å². The fraction of sp³-hybridized carbons (Fsp3) is 0.350. The van der Waals surface area contributed by atoms with Crippen molar-refractivity contribution in [1.29, 1.82) is 0 Å². The maximum Gasteiger partial charge on any atom is 0.240 e. The maximum absolute atomic E-state index is 13.8. The Hall–Kier alpha value is -2.25. The maximum atomic E-state index is 13.8. The van der Waals surface area contributed by atoms with Crippen molar-refractivity contribution in [3.8, 4) is 11.1 Å². The van der Waals surface area contributed by atoms with Crippen molar-refractivity contribution >= 4 is 15.9 Å². The zero-order valence-corrected chi connectivity index (χ0v) is 16.4. The van der Waals surface area contributed by atoms with Crippen LogP contribution in [0.3, 0.4) is 0 Å². The number of hydrogen-bond acceptors (Lipinski definition) is 3. The molecule has 7 heteroatoms. The van der Waals surface area contributed by atoms with E-state index in [2.05, 4.69) is 4.72 Å². The zero-order chi connectivity index (χ0) is 19.8. The molecular weight excluding hydrogens is 367 g/mol. The first-order valence-electron chi connectivity index (χ1n) is 8.78. The molecule has 1 N–H and O–H groups in total. The highest BCUT2D eigenvalue weighted by Gasteiger charge is 2.28. The Balaban J connectivity index is 1.77. The lowest BCUT2D eigenvalue weighted by Crippen LogP contribution is -2.30. The third-order valence-electron chi connectivity index (χ3n) is 4.97. The van der Waals surface area contributed by atoms with Gasteiger partial charge in [-0.3, -0.25) is 4.79 Å². The molecule has 0 radical (unpaired) electrons. The normalized spacial score (nSPS) is 17.6. The van der Waals surface area contributed by atoms with E-state index in [0.717, 1.165) is 11.1 Å².